The maximum absolute atomic E-state index is 12.2. The van der Waals surface area contributed by atoms with E-state index in [1.54, 1.807) is 0 Å². The van der Waals surface area contributed by atoms with Crippen molar-refractivity contribution >= 4 is 6.03 Å². The van der Waals surface area contributed by atoms with E-state index < -0.39 is 0 Å². The highest BCUT2D eigenvalue weighted by Gasteiger charge is 2.25. The van der Waals surface area contributed by atoms with Crippen molar-refractivity contribution in [1.29, 1.82) is 0 Å². The van der Waals surface area contributed by atoms with Crippen molar-refractivity contribution in [3.63, 3.8) is 0 Å². The first-order chi connectivity index (χ1) is 9.26. The van der Waals surface area contributed by atoms with Crippen molar-refractivity contribution in [1.82, 2.24) is 14.8 Å². The van der Waals surface area contributed by atoms with E-state index in [1.807, 2.05) is 36.0 Å². The average molecular weight is 261 g/mol. The Bertz CT molecular complexity index is 395. The third kappa shape index (κ3) is 3.25. The number of hydrogen-bond acceptors (Lipinski definition) is 2. The van der Waals surface area contributed by atoms with Crippen molar-refractivity contribution in [3.05, 3.63) is 30.1 Å². The molecule has 2 heterocycles. The van der Waals surface area contributed by atoms with Gasteiger partial charge in [0, 0.05) is 38.6 Å². The molecule has 0 aromatic carbocycles. The lowest BCUT2D eigenvalue weighted by atomic mass is 9.90. The molecule has 0 N–H and O–H groups in total. The lowest BCUT2D eigenvalue weighted by Gasteiger charge is -2.35. The van der Waals surface area contributed by atoms with E-state index in [9.17, 15) is 4.79 Å². The van der Waals surface area contributed by atoms with Crippen LogP contribution in [0.1, 0.15) is 38.2 Å². The SMILES string of the molecule is CCN(CC)C(=O)N1CCC(c2ccncc2)CC1. The normalized spacial score (nSPS) is 16.4. The van der Waals surface area contributed by atoms with E-state index in [1.165, 1.54) is 5.56 Å². The average Bonchev–Trinajstić information content (AvgIpc) is 2.49. The molecule has 1 aromatic heterocycles. The molecule has 0 bridgehead atoms. The van der Waals surface area contributed by atoms with Crippen molar-refractivity contribution in [3.8, 4) is 0 Å². The first-order valence-corrected chi connectivity index (χ1v) is 7.20. The Balaban J connectivity index is 1.91. The Kier molecular flexibility index (Phi) is 4.77. The first kappa shape index (κ1) is 13.8. The summed E-state index contributed by atoms with van der Waals surface area (Å²) in [5.41, 5.74) is 1.35. The zero-order chi connectivity index (χ0) is 13.7. The van der Waals surface area contributed by atoms with E-state index in [2.05, 4.69) is 17.1 Å². The molecule has 0 atom stereocenters. The quantitative estimate of drug-likeness (QED) is 0.839. The number of amides is 2. The fourth-order valence-electron chi connectivity index (χ4n) is 2.73. The van der Waals surface area contributed by atoms with Gasteiger partial charge in [0.1, 0.15) is 0 Å². The summed E-state index contributed by atoms with van der Waals surface area (Å²) in [7, 11) is 0. The van der Waals surface area contributed by atoms with Crippen LogP contribution in [0.25, 0.3) is 0 Å². The molecule has 1 fully saturated rings. The Morgan fingerprint density at radius 3 is 2.37 bits per heavy atom. The number of pyridine rings is 1. The molecule has 1 aromatic rings. The van der Waals surface area contributed by atoms with E-state index >= 15 is 0 Å². The van der Waals surface area contributed by atoms with Crippen LogP contribution in [-0.2, 0) is 0 Å². The molecule has 4 heteroatoms. The van der Waals surface area contributed by atoms with Gasteiger partial charge in [-0.05, 0) is 50.3 Å². The van der Waals surface area contributed by atoms with Crippen LogP contribution in [0.5, 0.6) is 0 Å². The molecule has 1 aliphatic heterocycles. The van der Waals surface area contributed by atoms with Crippen LogP contribution in [-0.4, -0.2) is 47.0 Å². The molecule has 1 aliphatic rings. The van der Waals surface area contributed by atoms with Gasteiger partial charge in [-0.1, -0.05) is 0 Å². The molecule has 0 aliphatic carbocycles. The standard InChI is InChI=1S/C15H23N3O/c1-3-17(4-2)15(19)18-11-7-14(8-12-18)13-5-9-16-10-6-13/h5-6,9-10,14H,3-4,7-8,11-12H2,1-2H3. The summed E-state index contributed by atoms with van der Waals surface area (Å²) in [4.78, 5) is 20.2. The van der Waals surface area contributed by atoms with Gasteiger partial charge in [0.25, 0.3) is 0 Å². The van der Waals surface area contributed by atoms with Gasteiger partial charge in [-0.25, -0.2) is 4.79 Å². The number of carbonyl (C=O) groups excluding carboxylic acids is 1. The highest BCUT2D eigenvalue weighted by molar-refractivity contribution is 5.74. The summed E-state index contributed by atoms with van der Waals surface area (Å²) < 4.78 is 0. The lowest BCUT2D eigenvalue weighted by molar-refractivity contribution is 0.144. The van der Waals surface area contributed by atoms with Gasteiger partial charge in [-0.2, -0.15) is 0 Å². The molecule has 0 spiro atoms. The second kappa shape index (κ2) is 6.55. The summed E-state index contributed by atoms with van der Waals surface area (Å²) >= 11 is 0. The minimum absolute atomic E-state index is 0.193. The monoisotopic (exact) mass is 261 g/mol. The first-order valence-electron chi connectivity index (χ1n) is 7.20. The molecule has 2 rings (SSSR count). The minimum atomic E-state index is 0.193. The summed E-state index contributed by atoms with van der Waals surface area (Å²) in [6.45, 7) is 7.38. The highest BCUT2D eigenvalue weighted by atomic mass is 16.2. The molecule has 1 saturated heterocycles. The van der Waals surface area contributed by atoms with Crippen LogP contribution >= 0.6 is 0 Å². The summed E-state index contributed by atoms with van der Waals surface area (Å²) in [6.07, 6.45) is 5.81. The van der Waals surface area contributed by atoms with Crippen molar-refractivity contribution in [2.75, 3.05) is 26.2 Å². The topological polar surface area (TPSA) is 36.4 Å². The van der Waals surface area contributed by atoms with E-state index in [-0.39, 0.29) is 6.03 Å². The van der Waals surface area contributed by atoms with E-state index in [0.29, 0.717) is 5.92 Å². The molecular formula is C15H23N3O. The third-order valence-electron chi connectivity index (χ3n) is 3.98. The maximum Gasteiger partial charge on any atom is 0.319 e. The predicted molar refractivity (Wildman–Crippen MR) is 76.1 cm³/mol. The number of nitrogens with zero attached hydrogens (tertiary/aromatic N) is 3. The molecule has 0 radical (unpaired) electrons. The zero-order valence-electron chi connectivity index (χ0n) is 11.9. The molecule has 104 valence electrons. The van der Waals surface area contributed by atoms with Gasteiger partial charge < -0.3 is 9.80 Å². The number of piperidine rings is 1. The molecule has 4 nitrogen and oxygen atoms in total. The molecule has 2 amide bonds. The second-order valence-corrected chi connectivity index (χ2v) is 5.00. The van der Waals surface area contributed by atoms with Crippen LogP contribution in [0.4, 0.5) is 4.79 Å². The Labute approximate surface area is 115 Å². The number of aromatic nitrogens is 1. The van der Waals surface area contributed by atoms with Gasteiger partial charge in [0.15, 0.2) is 0 Å². The van der Waals surface area contributed by atoms with Gasteiger partial charge in [-0.15, -0.1) is 0 Å². The largest absolute Gasteiger partial charge is 0.325 e. The minimum Gasteiger partial charge on any atom is -0.325 e. The van der Waals surface area contributed by atoms with E-state index in [0.717, 1.165) is 39.0 Å². The van der Waals surface area contributed by atoms with Crippen molar-refractivity contribution in [2.24, 2.45) is 0 Å². The molecule has 19 heavy (non-hydrogen) atoms. The van der Waals surface area contributed by atoms with Crippen LogP contribution in [0.15, 0.2) is 24.5 Å². The Hall–Kier alpha value is -1.58. The smallest absolute Gasteiger partial charge is 0.319 e. The third-order valence-corrected chi connectivity index (χ3v) is 3.98. The lowest BCUT2D eigenvalue weighted by Crippen LogP contribution is -2.46. The molecular weight excluding hydrogens is 238 g/mol. The van der Waals surface area contributed by atoms with Gasteiger partial charge in [0.05, 0.1) is 0 Å². The van der Waals surface area contributed by atoms with Crippen LogP contribution in [0.2, 0.25) is 0 Å². The molecule has 0 unspecified atom stereocenters. The van der Waals surface area contributed by atoms with Crippen molar-refractivity contribution < 1.29 is 4.79 Å². The van der Waals surface area contributed by atoms with Crippen LogP contribution < -0.4 is 0 Å². The molecule has 0 saturated carbocycles. The van der Waals surface area contributed by atoms with Crippen LogP contribution in [0.3, 0.4) is 0 Å². The van der Waals surface area contributed by atoms with E-state index in [4.69, 9.17) is 0 Å². The van der Waals surface area contributed by atoms with Gasteiger partial charge in [0.2, 0.25) is 0 Å². The van der Waals surface area contributed by atoms with Gasteiger partial charge >= 0.3 is 6.03 Å². The number of carbonyl (C=O) groups is 1. The number of rotatable bonds is 3. The Morgan fingerprint density at radius 1 is 1.26 bits per heavy atom. The Morgan fingerprint density at radius 2 is 1.84 bits per heavy atom. The second-order valence-electron chi connectivity index (χ2n) is 5.00. The zero-order valence-corrected chi connectivity index (χ0v) is 11.9. The van der Waals surface area contributed by atoms with Crippen molar-refractivity contribution in [2.45, 2.75) is 32.6 Å². The fourth-order valence-corrected chi connectivity index (χ4v) is 2.73. The number of likely N-dealkylation sites (tertiary alicyclic amines) is 1. The predicted octanol–water partition coefficient (Wildman–Crippen LogP) is 2.72. The van der Waals surface area contributed by atoms with Gasteiger partial charge in [-0.3, -0.25) is 4.98 Å². The number of hydrogen-bond donors (Lipinski definition) is 0. The summed E-state index contributed by atoms with van der Waals surface area (Å²) in [5, 5.41) is 0. The maximum atomic E-state index is 12.2. The number of urea groups is 1. The fraction of sp³-hybridized carbons (Fsp3) is 0.600. The summed E-state index contributed by atoms with van der Waals surface area (Å²) in [6, 6.07) is 4.37. The highest BCUT2D eigenvalue weighted by Crippen LogP contribution is 2.27. The van der Waals surface area contributed by atoms with Crippen LogP contribution in [0, 0.1) is 0 Å². The summed E-state index contributed by atoms with van der Waals surface area (Å²) in [5.74, 6) is 0.573.